The van der Waals surface area contributed by atoms with Crippen molar-refractivity contribution in [2.24, 2.45) is 0 Å². The van der Waals surface area contributed by atoms with Gasteiger partial charge in [-0.3, -0.25) is 0 Å². The van der Waals surface area contributed by atoms with Crippen molar-refractivity contribution in [2.45, 2.75) is 33.3 Å². The predicted molar refractivity (Wildman–Crippen MR) is 92.5 cm³/mol. The van der Waals surface area contributed by atoms with Crippen LogP contribution in [0.4, 0.5) is 0 Å². The lowest BCUT2D eigenvalue weighted by atomic mass is 9.90. The van der Waals surface area contributed by atoms with Crippen LogP contribution in [0.3, 0.4) is 0 Å². The standard InChI is InChI=1S/C21H22O/c1-14-13-20(16(3)15(14)2)18-11-7-8-12-19(18)21(22)17-9-5-4-6-10-17/h4-12,21-22H,13H2,1-3H3. The van der Waals surface area contributed by atoms with Crippen LogP contribution in [-0.2, 0) is 0 Å². The zero-order valence-corrected chi connectivity index (χ0v) is 13.4. The summed E-state index contributed by atoms with van der Waals surface area (Å²) >= 11 is 0. The van der Waals surface area contributed by atoms with E-state index in [1.807, 2.05) is 42.5 Å². The Hall–Kier alpha value is -2.12. The van der Waals surface area contributed by atoms with E-state index in [2.05, 4.69) is 32.9 Å². The number of aliphatic hydroxyl groups is 1. The first kappa shape index (κ1) is 14.8. The van der Waals surface area contributed by atoms with Gasteiger partial charge in [-0.15, -0.1) is 0 Å². The monoisotopic (exact) mass is 290 g/mol. The third-order valence-corrected chi connectivity index (χ3v) is 4.79. The maximum atomic E-state index is 10.8. The van der Waals surface area contributed by atoms with Gasteiger partial charge in [0.15, 0.2) is 0 Å². The third kappa shape index (κ3) is 2.53. The van der Waals surface area contributed by atoms with Crippen molar-refractivity contribution in [1.82, 2.24) is 0 Å². The van der Waals surface area contributed by atoms with E-state index in [4.69, 9.17) is 0 Å². The van der Waals surface area contributed by atoms with Crippen molar-refractivity contribution >= 4 is 5.57 Å². The Morgan fingerprint density at radius 2 is 1.45 bits per heavy atom. The summed E-state index contributed by atoms with van der Waals surface area (Å²) in [4.78, 5) is 0. The molecule has 2 aromatic rings. The Labute approximate surface area is 132 Å². The van der Waals surface area contributed by atoms with Crippen LogP contribution in [0, 0.1) is 0 Å². The van der Waals surface area contributed by atoms with E-state index in [0.717, 1.165) is 17.5 Å². The average Bonchev–Trinajstić information content (AvgIpc) is 2.82. The second kappa shape index (κ2) is 5.94. The fourth-order valence-corrected chi connectivity index (χ4v) is 3.20. The minimum Gasteiger partial charge on any atom is -0.384 e. The topological polar surface area (TPSA) is 20.2 Å². The van der Waals surface area contributed by atoms with Gasteiger partial charge in [-0.05, 0) is 60.6 Å². The van der Waals surface area contributed by atoms with E-state index in [1.165, 1.54) is 27.9 Å². The predicted octanol–water partition coefficient (Wildman–Crippen LogP) is 5.28. The second-order valence-electron chi connectivity index (χ2n) is 6.09. The molecule has 1 N–H and O–H groups in total. The molecule has 0 bridgehead atoms. The molecule has 0 saturated heterocycles. The van der Waals surface area contributed by atoms with Gasteiger partial charge in [-0.1, -0.05) is 60.2 Å². The van der Waals surface area contributed by atoms with Crippen molar-refractivity contribution in [3.8, 4) is 0 Å². The lowest BCUT2D eigenvalue weighted by molar-refractivity contribution is 0.220. The summed E-state index contributed by atoms with van der Waals surface area (Å²) in [7, 11) is 0. The van der Waals surface area contributed by atoms with Gasteiger partial charge in [-0.2, -0.15) is 0 Å². The molecule has 0 amide bonds. The summed E-state index contributed by atoms with van der Waals surface area (Å²) < 4.78 is 0. The Kier molecular flexibility index (Phi) is 4.00. The Balaban J connectivity index is 2.06. The van der Waals surface area contributed by atoms with Crippen molar-refractivity contribution in [3.63, 3.8) is 0 Å². The molecule has 0 aliphatic heterocycles. The fraction of sp³-hybridized carbons (Fsp3) is 0.238. The number of benzene rings is 2. The van der Waals surface area contributed by atoms with Crippen molar-refractivity contribution in [3.05, 3.63) is 88.0 Å². The van der Waals surface area contributed by atoms with Gasteiger partial charge in [0, 0.05) is 0 Å². The molecule has 112 valence electrons. The summed E-state index contributed by atoms with van der Waals surface area (Å²) in [5.74, 6) is 0. The number of hydrogen-bond donors (Lipinski definition) is 1. The van der Waals surface area contributed by atoms with E-state index in [1.54, 1.807) is 0 Å². The highest BCUT2D eigenvalue weighted by molar-refractivity contribution is 5.79. The lowest BCUT2D eigenvalue weighted by Crippen LogP contribution is -2.03. The normalized spacial score (nSPS) is 16.4. The summed E-state index contributed by atoms with van der Waals surface area (Å²) in [5, 5.41) is 10.8. The highest BCUT2D eigenvalue weighted by atomic mass is 16.3. The summed E-state index contributed by atoms with van der Waals surface area (Å²) in [6.45, 7) is 6.57. The summed E-state index contributed by atoms with van der Waals surface area (Å²) in [6.07, 6.45) is 0.398. The Morgan fingerprint density at radius 1 is 0.818 bits per heavy atom. The molecule has 1 aliphatic rings. The van der Waals surface area contributed by atoms with Crippen LogP contribution in [0.25, 0.3) is 5.57 Å². The molecule has 3 rings (SSSR count). The molecule has 2 aromatic carbocycles. The Morgan fingerprint density at radius 3 is 2.09 bits per heavy atom. The highest BCUT2D eigenvalue weighted by Crippen LogP contribution is 2.40. The maximum absolute atomic E-state index is 10.8. The van der Waals surface area contributed by atoms with Crippen molar-refractivity contribution in [2.75, 3.05) is 0 Å². The summed E-state index contributed by atoms with van der Waals surface area (Å²) in [5.41, 5.74) is 8.62. The van der Waals surface area contributed by atoms with Crippen molar-refractivity contribution in [1.29, 1.82) is 0 Å². The molecule has 1 unspecified atom stereocenters. The molecule has 1 nitrogen and oxygen atoms in total. The molecule has 1 heteroatoms. The zero-order valence-electron chi connectivity index (χ0n) is 13.4. The van der Waals surface area contributed by atoms with E-state index in [9.17, 15) is 5.11 Å². The summed E-state index contributed by atoms with van der Waals surface area (Å²) in [6, 6.07) is 18.1. The van der Waals surface area contributed by atoms with Gasteiger partial charge in [0.1, 0.15) is 6.10 Å². The van der Waals surface area contributed by atoms with Crippen LogP contribution in [0.1, 0.15) is 50.0 Å². The third-order valence-electron chi connectivity index (χ3n) is 4.79. The molecule has 1 atom stereocenters. The van der Waals surface area contributed by atoms with Crippen LogP contribution in [0.2, 0.25) is 0 Å². The first-order chi connectivity index (χ1) is 10.6. The number of aliphatic hydroxyl groups excluding tert-OH is 1. The number of hydrogen-bond acceptors (Lipinski definition) is 1. The molecule has 1 aliphatic carbocycles. The quantitative estimate of drug-likeness (QED) is 0.815. The molecule has 22 heavy (non-hydrogen) atoms. The largest absolute Gasteiger partial charge is 0.384 e. The molecular formula is C21H22O. The fourth-order valence-electron chi connectivity index (χ4n) is 3.20. The molecule has 0 heterocycles. The van der Waals surface area contributed by atoms with E-state index in [0.29, 0.717) is 0 Å². The van der Waals surface area contributed by atoms with Gasteiger partial charge in [-0.25, -0.2) is 0 Å². The van der Waals surface area contributed by atoms with Crippen LogP contribution >= 0.6 is 0 Å². The van der Waals surface area contributed by atoms with Crippen LogP contribution in [0.15, 0.2) is 71.3 Å². The second-order valence-corrected chi connectivity index (χ2v) is 6.09. The van der Waals surface area contributed by atoms with Gasteiger partial charge in [0.2, 0.25) is 0 Å². The van der Waals surface area contributed by atoms with E-state index < -0.39 is 6.10 Å². The number of rotatable bonds is 3. The van der Waals surface area contributed by atoms with Gasteiger partial charge in [0.25, 0.3) is 0 Å². The Bertz CT molecular complexity index is 750. The molecule has 0 spiro atoms. The van der Waals surface area contributed by atoms with Crippen LogP contribution in [-0.4, -0.2) is 5.11 Å². The van der Waals surface area contributed by atoms with Crippen molar-refractivity contribution < 1.29 is 5.11 Å². The molecule has 0 saturated carbocycles. The number of allylic oxidation sites excluding steroid dienone is 4. The van der Waals surface area contributed by atoms with E-state index in [-0.39, 0.29) is 0 Å². The van der Waals surface area contributed by atoms with E-state index >= 15 is 0 Å². The minimum atomic E-state index is -0.584. The highest BCUT2D eigenvalue weighted by Gasteiger charge is 2.22. The first-order valence-corrected chi connectivity index (χ1v) is 7.78. The van der Waals surface area contributed by atoms with Crippen LogP contribution < -0.4 is 0 Å². The van der Waals surface area contributed by atoms with Gasteiger partial charge in [0.05, 0.1) is 0 Å². The smallest absolute Gasteiger partial charge is 0.105 e. The first-order valence-electron chi connectivity index (χ1n) is 7.78. The molecular weight excluding hydrogens is 268 g/mol. The minimum absolute atomic E-state index is 0.584. The van der Waals surface area contributed by atoms with Gasteiger partial charge >= 0.3 is 0 Å². The maximum Gasteiger partial charge on any atom is 0.105 e. The molecule has 0 radical (unpaired) electrons. The van der Waals surface area contributed by atoms with Gasteiger partial charge < -0.3 is 5.11 Å². The van der Waals surface area contributed by atoms with Crippen LogP contribution in [0.5, 0.6) is 0 Å². The zero-order chi connectivity index (χ0) is 15.7. The molecule has 0 fully saturated rings. The SMILES string of the molecule is CC1=C(C)C(C)=C(c2ccccc2C(O)c2ccccc2)C1. The molecule has 0 aromatic heterocycles. The average molecular weight is 290 g/mol. The lowest BCUT2D eigenvalue weighted by Gasteiger charge is -2.18.